The van der Waals surface area contributed by atoms with Crippen molar-refractivity contribution in [2.24, 2.45) is 5.10 Å². The second kappa shape index (κ2) is 9.58. The molecular weight excluding hydrogens is 448 g/mol. The monoisotopic (exact) mass is 470 g/mol. The van der Waals surface area contributed by atoms with Gasteiger partial charge in [0.2, 0.25) is 0 Å². The van der Waals surface area contributed by atoms with Crippen LogP contribution in [-0.4, -0.2) is 33.6 Å². The molecule has 0 saturated carbocycles. The number of nitrogens with zero attached hydrogens (tertiary/aromatic N) is 3. The summed E-state index contributed by atoms with van der Waals surface area (Å²) < 4.78 is 8.27. The van der Waals surface area contributed by atoms with Crippen LogP contribution in [0.25, 0.3) is 0 Å². The molecule has 1 aromatic heterocycles. The minimum Gasteiger partial charge on any atom is -0.504 e. The summed E-state index contributed by atoms with van der Waals surface area (Å²) in [4.78, 5) is 12.3. The molecule has 0 radical (unpaired) electrons. The van der Waals surface area contributed by atoms with Gasteiger partial charge in [0.1, 0.15) is 0 Å². The molecule has 1 heterocycles. The van der Waals surface area contributed by atoms with Crippen molar-refractivity contribution >= 4 is 28.1 Å². The Morgan fingerprint density at radius 2 is 2.00 bits per heavy atom. The van der Waals surface area contributed by atoms with E-state index >= 15 is 0 Å². The summed E-state index contributed by atoms with van der Waals surface area (Å²) in [6.45, 7) is 6.87. The van der Waals surface area contributed by atoms with Crippen LogP contribution in [0.3, 0.4) is 0 Å². The number of nitrogens with one attached hydrogen (secondary N) is 1. The van der Waals surface area contributed by atoms with Gasteiger partial charge in [-0.1, -0.05) is 12.1 Å². The maximum atomic E-state index is 12.3. The zero-order valence-corrected chi connectivity index (χ0v) is 18.6. The fourth-order valence-electron chi connectivity index (χ4n) is 2.88. The highest BCUT2D eigenvalue weighted by molar-refractivity contribution is 9.10. The van der Waals surface area contributed by atoms with Crippen molar-refractivity contribution in [2.45, 2.75) is 27.3 Å². The molecule has 8 heteroatoms. The number of ether oxygens (including phenoxy) is 1. The van der Waals surface area contributed by atoms with E-state index in [9.17, 15) is 9.90 Å². The van der Waals surface area contributed by atoms with Gasteiger partial charge >= 0.3 is 0 Å². The number of benzene rings is 2. The molecule has 2 N–H and O–H groups in total. The largest absolute Gasteiger partial charge is 0.504 e. The highest BCUT2D eigenvalue weighted by Crippen LogP contribution is 2.26. The van der Waals surface area contributed by atoms with Crippen molar-refractivity contribution < 1.29 is 14.6 Å². The summed E-state index contributed by atoms with van der Waals surface area (Å²) in [5.74, 6) is 0.124. The lowest BCUT2D eigenvalue weighted by atomic mass is 10.1. The van der Waals surface area contributed by atoms with Gasteiger partial charge < -0.3 is 9.84 Å². The smallest absolute Gasteiger partial charge is 0.271 e. The zero-order valence-electron chi connectivity index (χ0n) is 17.0. The standard InChI is InChI=1S/C22H23BrN4O3/c1-4-30-20-11-17(7-10-19(20)28)12-24-25-22(29)18-8-5-16(6-9-18)13-27-15(3)21(23)14(2)26-27/h5-12,28H,4,13H2,1-3H3,(H,25,29)/b24-12-. The van der Waals surface area contributed by atoms with Gasteiger partial charge in [-0.05, 0) is 78.2 Å². The fraction of sp³-hybridized carbons (Fsp3) is 0.227. The molecule has 0 saturated heterocycles. The number of hydrogen-bond acceptors (Lipinski definition) is 5. The first kappa shape index (κ1) is 21.6. The molecule has 2 aromatic carbocycles. The molecule has 3 aromatic rings. The predicted octanol–water partition coefficient (Wildman–Crippen LogP) is 4.18. The Labute approximate surface area is 183 Å². The molecule has 0 aliphatic carbocycles. The number of hydrogen-bond donors (Lipinski definition) is 2. The Balaban J connectivity index is 1.61. The molecule has 7 nitrogen and oxygen atoms in total. The molecule has 0 spiro atoms. The number of aromatic nitrogens is 2. The molecule has 3 rings (SSSR count). The first-order chi connectivity index (χ1) is 14.4. The average Bonchev–Trinajstić information content (AvgIpc) is 2.97. The second-order valence-corrected chi connectivity index (χ2v) is 7.49. The fourth-order valence-corrected chi connectivity index (χ4v) is 3.16. The van der Waals surface area contributed by atoms with Gasteiger partial charge in [0.15, 0.2) is 11.5 Å². The lowest BCUT2D eigenvalue weighted by molar-refractivity contribution is 0.0955. The van der Waals surface area contributed by atoms with Crippen LogP contribution in [0.15, 0.2) is 52.0 Å². The van der Waals surface area contributed by atoms with E-state index in [-0.39, 0.29) is 11.7 Å². The number of phenolic OH excluding ortho intramolecular Hbond substituents is 1. The second-order valence-electron chi connectivity index (χ2n) is 6.70. The number of amides is 1. The van der Waals surface area contributed by atoms with Crippen molar-refractivity contribution in [3.05, 3.63) is 75.0 Å². The normalized spacial score (nSPS) is 11.1. The molecule has 0 bridgehead atoms. The van der Waals surface area contributed by atoms with Gasteiger partial charge in [-0.3, -0.25) is 9.48 Å². The third-order valence-electron chi connectivity index (χ3n) is 4.51. The van der Waals surface area contributed by atoms with Gasteiger partial charge in [0.25, 0.3) is 5.91 Å². The Kier molecular flexibility index (Phi) is 6.89. The maximum absolute atomic E-state index is 12.3. The van der Waals surface area contributed by atoms with Crippen molar-refractivity contribution in [1.82, 2.24) is 15.2 Å². The highest BCUT2D eigenvalue weighted by Gasteiger charge is 2.10. The van der Waals surface area contributed by atoms with Gasteiger partial charge in [0, 0.05) is 5.56 Å². The molecule has 0 atom stereocenters. The van der Waals surface area contributed by atoms with Crippen LogP contribution in [0.5, 0.6) is 11.5 Å². The van der Waals surface area contributed by atoms with Crippen molar-refractivity contribution in [2.75, 3.05) is 6.61 Å². The molecule has 0 aliphatic heterocycles. The molecule has 156 valence electrons. The first-order valence-corrected chi connectivity index (χ1v) is 10.3. The van der Waals surface area contributed by atoms with Gasteiger partial charge in [0.05, 0.1) is 35.2 Å². The zero-order chi connectivity index (χ0) is 21.7. The Morgan fingerprint density at radius 3 is 2.63 bits per heavy atom. The van der Waals surface area contributed by atoms with Crippen LogP contribution in [0.4, 0.5) is 0 Å². The summed E-state index contributed by atoms with van der Waals surface area (Å²) in [5.41, 5.74) is 6.76. The first-order valence-electron chi connectivity index (χ1n) is 9.46. The summed E-state index contributed by atoms with van der Waals surface area (Å²) in [6, 6.07) is 12.2. The van der Waals surface area contributed by atoms with Crippen molar-refractivity contribution in [3.63, 3.8) is 0 Å². The minimum atomic E-state index is -0.310. The summed E-state index contributed by atoms with van der Waals surface area (Å²) >= 11 is 3.53. The predicted molar refractivity (Wildman–Crippen MR) is 119 cm³/mol. The number of phenols is 1. The number of halogens is 1. The van der Waals surface area contributed by atoms with E-state index in [4.69, 9.17) is 4.74 Å². The van der Waals surface area contributed by atoms with Crippen LogP contribution in [0.2, 0.25) is 0 Å². The summed E-state index contributed by atoms with van der Waals surface area (Å²) in [5, 5.41) is 18.2. The number of aryl methyl sites for hydroxylation is 1. The maximum Gasteiger partial charge on any atom is 0.271 e. The van der Waals surface area contributed by atoms with E-state index in [1.807, 2.05) is 37.6 Å². The van der Waals surface area contributed by atoms with Crippen LogP contribution in [0.1, 0.15) is 39.8 Å². The third-order valence-corrected chi connectivity index (χ3v) is 5.65. The highest BCUT2D eigenvalue weighted by atomic mass is 79.9. The third kappa shape index (κ3) is 5.07. The molecule has 1 amide bonds. The molecule has 0 unspecified atom stereocenters. The number of carbonyl (C=O) groups excluding carboxylic acids is 1. The van der Waals surface area contributed by atoms with Gasteiger partial charge in [-0.25, -0.2) is 5.43 Å². The number of rotatable bonds is 7. The van der Waals surface area contributed by atoms with Gasteiger partial charge in [-0.15, -0.1) is 0 Å². The topological polar surface area (TPSA) is 88.7 Å². The molecule has 30 heavy (non-hydrogen) atoms. The van der Waals surface area contributed by atoms with Crippen LogP contribution >= 0.6 is 15.9 Å². The van der Waals surface area contributed by atoms with Crippen LogP contribution < -0.4 is 10.2 Å². The van der Waals surface area contributed by atoms with E-state index in [2.05, 4.69) is 31.6 Å². The van der Waals surface area contributed by atoms with E-state index in [0.717, 1.165) is 21.4 Å². The van der Waals surface area contributed by atoms with E-state index in [1.165, 1.54) is 12.3 Å². The summed E-state index contributed by atoms with van der Waals surface area (Å²) in [7, 11) is 0. The lowest BCUT2D eigenvalue weighted by Crippen LogP contribution is -2.17. The van der Waals surface area contributed by atoms with Crippen LogP contribution in [-0.2, 0) is 6.54 Å². The number of carbonyl (C=O) groups is 1. The molecule has 0 fully saturated rings. The van der Waals surface area contributed by atoms with E-state index in [1.54, 1.807) is 24.3 Å². The van der Waals surface area contributed by atoms with E-state index < -0.39 is 0 Å². The SMILES string of the molecule is CCOc1cc(/C=N\NC(=O)c2ccc(Cn3nc(C)c(Br)c3C)cc2)ccc1O. The quantitative estimate of drug-likeness (QED) is 0.400. The Hall–Kier alpha value is -3.13. The Bertz CT molecular complexity index is 1070. The van der Waals surface area contributed by atoms with Crippen molar-refractivity contribution in [3.8, 4) is 11.5 Å². The molecule has 0 aliphatic rings. The Morgan fingerprint density at radius 1 is 1.27 bits per heavy atom. The minimum absolute atomic E-state index is 0.0611. The van der Waals surface area contributed by atoms with Crippen molar-refractivity contribution in [1.29, 1.82) is 0 Å². The number of aromatic hydroxyl groups is 1. The van der Waals surface area contributed by atoms with Crippen LogP contribution in [0, 0.1) is 13.8 Å². The molecular formula is C22H23BrN4O3. The average molecular weight is 471 g/mol. The number of hydrazone groups is 1. The summed E-state index contributed by atoms with van der Waals surface area (Å²) in [6.07, 6.45) is 1.49. The lowest BCUT2D eigenvalue weighted by Gasteiger charge is -2.07. The van der Waals surface area contributed by atoms with Gasteiger partial charge in [-0.2, -0.15) is 10.2 Å². The van der Waals surface area contributed by atoms with E-state index in [0.29, 0.717) is 30.0 Å².